The summed E-state index contributed by atoms with van der Waals surface area (Å²) in [5, 5.41) is 8.89. The first-order valence-corrected chi connectivity index (χ1v) is 6.25. The molecule has 1 heterocycles. The minimum Gasteiger partial charge on any atom is -0.478 e. The van der Waals surface area contributed by atoms with Crippen LogP contribution >= 0.6 is 0 Å². The second kappa shape index (κ2) is 6.54. The summed E-state index contributed by atoms with van der Waals surface area (Å²) >= 11 is 0. The molecule has 18 heavy (non-hydrogen) atoms. The molecule has 1 rings (SSSR count). The zero-order chi connectivity index (χ0) is 13.7. The number of carboxylic acid groups (broad SMARTS) is 1. The minimum absolute atomic E-state index is 0.112. The molecule has 0 aliphatic carbocycles. The summed E-state index contributed by atoms with van der Waals surface area (Å²) < 4.78 is 5.28. The molecule has 0 aromatic carbocycles. The standard InChI is InChI=1S/C13H21NO4/c1-4-14(7-11-5-6-18-8-11)12(15)9(2)10(3)13(16)17/h11H,4-8H2,1-3H3,(H,16,17). The van der Waals surface area contributed by atoms with Crippen molar-refractivity contribution in [3.8, 4) is 0 Å². The van der Waals surface area contributed by atoms with Gasteiger partial charge < -0.3 is 14.7 Å². The molecule has 1 amide bonds. The highest BCUT2D eigenvalue weighted by Gasteiger charge is 2.23. The number of hydrogen-bond donors (Lipinski definition) is 1. The highest BCUT2D eigenvalue weighted by molar-refractivity contribution is 6.01. The van der Waals surface area contributed by atoms with Crippen molar-refractivity contribution in [2.75, 3.05) is 26.3 Å². The van der Waals surface area contributed by atoms with E-state index >= 15 is 0 Å². The predicted octanol–water partition coefficient (Wildman–Crippen LogP) is 1.29. The first-order valence-electron chi connectivity index (χ1n) is 6.25. The molecule has 5 heteroatoms. The van der Waals surface area contributed by atoms with Crippen molar-refractivity contribution in [3.63, 3.8) is 0 Å². The van der Waals surface area contributed by atoms with Gasteiger partial charge in [-0.25, -0.2) is 4.79 Å². The van der Waals surface area contributed by atoms with E-state index in [-0.39, 0.29) is 11.5 Å². The van der Waals surface area contributed by atoms with Crippen LogP contribution in [0.4, 0.5) is 0 Å². The number of carbonyl (C=O) groups excluding carboxylic acids is 1. The molecule has 1 unspecified atom stereocenters. The van der Waals surface area contributed by atoms with Crippen LogP contribution in [0.5, 0.6) is 0 Å². The van der Waals surface area contributed by atoms with Gasteiger partial charge in [0.1, 0.15) is 0 Å². The summed E-state index contributed by atoms with van der Waals surface area (Å²) in [6.45, 7) is 7.59. The monoisotopic (exact) mass is 255 g/mol. The summed E-state index contributed by atoms with van der Waals surface area (Å²) in [6.07, 6.45) is 0.963. The molecule has 1 atom stereocenters. The van der Waals surface area contributed by atoms with Gasteiger partial charge in [0, 0.05) is 36.8 Å². The van der Waals surface area contributed by atoms with E-state index in [0.717, 1.165) is 13.0 Å². The lowest BCUT2D eigenvalue weighted by Crippen LogP contribution is -2.36. The molecule has 0 radical (unpaired) electrons. The molecule has 1 aliphatic heterocycles. The summed E-state index contributed by atoms with van der Waals surface area (Å²) in [7, 11) is 0. The van der Waals surface area contributed by atoms with Crippen molar-refractivity contribution < 1.29 is 19.4 Å². The van der Waals surface area contributed by atoms with E-state index < -0.39 is 5.97 Å². The molecule has 102 valence electrons. The molecule has 1 N–H and O–H groups in total. The average Bonchev–Trinajstić information content (AvgIpc) is 2.85. The lowest BCUT2D eigenvalue weighted by Gasteiger charge is -2.24. The van der Waals surface area contributed by atoms with E-state index in [1.807, 2.05) is 6.92 Å². The molecule has 1 aliphatic rings. The average molecular weight is 255 g/mol. The van der Waals surface area contributed by atoms with E-state index in [4.69, 9.17) is 9.84 Å². The Balaban J connectivity index is 2.72. The Bertz CT molecular complexity index is 356. The number of ether oxygens (including phenoxy) is 1. The first kappa shape index (κ1) is 14.7. The summed E-state index contributed by atoms with van der Waals surface area (Å²) in [6, 6.07) is 0. The highest BCUT2D eigenvalue weighted by Crippen LogP contribution is 2.16. The number of aliphatic carboxylic acids is 1. The van der Waals surface area contributed by atoms with Crippen LogP contribution in [-0.2, 0) is 14.3 Å². The Morgan fingerprint density at radius 3 is 2.44 bits per heavy atom. The van der Waals surface area contributed by atoms with Gasteiger partial charge in [-0.3, -0.25) is 4.79 Å². The van der Waals surface area contributed by atoms with Gasteiger partial charge in [-0.1, -0.05) is 0 Å². The number of carboxylic acids is 1. The fraction of sp³-hybridized carbons (Fsp3) is 0.692. The van der Waals surface area contributed by atoms with E-state index in [0.29, 0.717) is 31.2 Å². The molecule has 1 saturated heterocycles. The van der Waals surface area contributed by atoms with Crippen molar-refractivity contribution in [1.82, 2.24) is 4.90 Å². The molecule has 0 spiro atoms. The Morgan fingerprint density at radius 2 is 2.00 bits per heavy atom. The third-order valence-corrected chi connectivity index (χ3v) is 3.38. The predicted molar refractivity (Wildman–Crippen MR) is 67.2 cm³/mol. The van der Waals surface area contributed by atoms with Crippen LogP contribution in [0.1, 0.15) is 27.2 Å². The molecular formula is C13H21NO4. The van der Waals surface area contributed by atoms with Crippen molar-refractivity contribution in [2.24, 2.45) is 5.92 Å². The summed E-state index contributed by atoms with van der Waals surface area (Å²) in [5.74, 6) is -0.864. The number of amides is 1. The maximum atomic E-state index is 12.2. The fourth-order valence-corrected chi connectivity index (χ4v) is 1.95. The van der Waals surface area contributed by atoms with Crippen LogP contribution in [-0.4, -0.2) is 48.2 Å². The minimum atomic E-state index is -1.04. The van der Waals surface area contributed by atoms with Crippen molar-refractivity contribution in [1.29, 1.82) is 0 Å². The fourth-order valence-electron chi connectivity index (χ4n) is 1.95. The quantitative estimate of drug-likeness (QED) is 0.752. The van der Waals surface area contributed by atoms with Crippen molar-refractivity contribution in [2.45, 2.75) is 27.2 Å². The maximum absolute atomic E-state index is 12.2. The number of carbonyl (C=O) groups is 2. The van der Waals surface area contributed by atoms with Gasteiger partial charge in [-0.2, -0.15) is 0 Å². The molecular weight excluding hydrogens is 234 g/mol. The van der Waals surface area contributed by atoms with Crippen molar-refractivity contribution in [3.05, 3.63) is 11.1 Å². The first-order chi connectivity index (χ1) is 8.47. The zero-order valence-corrected chi connectivity index (χ0v) is 11.2. The number of hydrogen-bond acceptors (Lipinski definition) is 3. The maximum Gasteiger partial charge on any atom is 0.331 e. The SMILES string of the molecule is CCN(CC1CCOC1)C(=O)C(C)=C(C)C(=O)O. The van der Waals surface area contributed by atoms with Gasteiger partial charge in [0.15, 0.2) is 0 Å². The van der Waals surface area contributed by atoms with Crippen molar-refractivity contribution >= 4 is 11.9 Å². The number of nitrogens with zero attached hydrogens (tertiary/aromatic N) is 1. The van der Waals surface area contributed by atoms with Gasteiger partial charge >= 0.3 is 5.97 Å². The van der Waals surface area contributed by atoms with E-state index in [9.17, 15) is 9.59 Å². The van der Waals surface area contributed by atoms with Gasteiger partial charge in [0.2, 0.25) is 5.91 Å². The van der Waals surface area contributed by atoms with Gasteiger partial charge in [-0.05, 0) is 27.2 Å². The van der Waals surface area contributed by atoms with Crippen LogP contribution < -0.4 is 0 Å². The Hall–Kier alpha value is -1.36. The molecule has 0 bridgehead atoms. The number of likely N-dealkylation sites (N-methyl/N-ethyl adjacent to an activating group) is 1. The van der Waals surface area contributed by atoms with Gasteiger partial charge in [-0.15, -0.1) is 0 Å². The second-order valence-electron chi connectivity index (χ2n) is 4.63. The van der Waals surface area contributed by atoms with Crippen LogP contribution in [0, 0.1) is 5.92 Å². The lowest BCUT2D eigenvalue weighted by atomic mass is 10.1. The summed E-state index contributed by atoms with van der Waals surface area (Å²) in [5.41, 5.74) is 0.421. The number of rotatable bonds is 5. The van der Waals surface area contributed by atoms with E-state index in [2.05, 4.69) is 0 Å². The van der Waals surface area contributed by atoms with Gasteiger partial charge in [0.25, 0.3) is 0 Å². The van der Waals surface area contributed by atoms with E-state index in [1.165, 1.54) is 6.92 Å². The van der Waals surface area contributed by atoms with E-state index in [1.54, 1.807) is 11.8 Å². The second-order valence-corrected chi connectivity index (χ2v) is 4.63. The summed E-state index contributed by atoms with van der Waals surface area (Å²) in [4.78, 5) is 24.7. The Morgan fingerprint density at radius 1 is 1.33 bits per heavy atom. The van der Waals surface area contributed by atoms with Crippen LogP contribution in [0.15, 0.2) is 11.1 Å². The van der Waals surface area contributed by atoms with Gasteiger partial charge in [0.05, 0.1) is 6.61 Å². The molecule has 1 fully saturated rings. The molecule has 0 aromatic rings. The molecule has 0 saturated carbocycles. The topological polar surface area (TPSA) is 66.8 Å². The van der Waals surface area contributed by atoms with Crippen LogP contribution in [0.2, 0.25) is 0 Å². The lowest BCUT2D eigenvalue weighted by molar-refractivity contribution is -0.134. The zero-order valence-electron chi connectivity index (χ0n) is 11.2. The highest BCUT2D eigenvalue weighted by atomic mass is 16.5. The largest absolute Gasteiger partial charge is 0.478 e. The Kier molecular flexibility index (Phi) is 5.34. The Labute approximate surface area is 107 Å². The third-order valence-electron chi connectivity index (χ3n) is 3.38. The third kappa shape index (κ3) is 3.57. The van der Waals surface area contributed by atoms with Crippen LogP contribution in [0.3, 0.4) is 0 Å². The van der Waals surface area contributed by atoms with Crippen LogP contribution in [0.25, 0.3) is 0 Å². The smallest absolute Gasteiger partial charge is 0.331 e. The molecule has 0 aromatic heterocycles. The molecule has 5 nitrogen and oxygen atoms in total. The normalized spacial score (nSPS) is 20.5.